The molecule has 2 unspecified atom stereocenters. The molecule has 1 aromatic heterocycles. The van der Waals surface area contributed by atoms with Gasteiger partial charge in [0.05, 0.1) is 0 Å². The molecule has 1 aromatic carbocycles. The summed E-state index contributed by atoms with van der Waals surface area (Å²) in [6, 6.07) is 7.79. The lowest BCUT2D eigenvalue weighted by molar-refractivity contribution is -0.136. The third-order valence-electron chi connectivity index (χ3n) is 4.65. The first-order chi connectivity index (χ1) is 11.1. The van der Waals surface area contributed by atoms with Gasteiger partial charge in [-0.05, 0) is 31.4 Å². The molecule has 2 amide bonds. The number of hydrogen-bond acceptors (Lipinski definition) is 2. The van der Waals surface area contributed by atoms with E-state index in [9.17, 15) is 9.59 Å². The Labute approximate surface area is 136 Å². The van der Waals surface area contributed by atoms with Gasteiger partial charge in [0.15, 0.2) is 0 Å². The van der Waals surface area contributed by atoms with Crippen molar-refractivity contribution in [1.29, 1.82) is 0 Å². The first kappa shape index (κ1) is 15.6. The molecule has 1 saturated heterocycles. The van der Waals surface area contributed by atoms with Gasteiger partial charge in [0.25, 0.3) is 0 Å². The van der Waals surface area contributed by atoms with Crippen molar-refractivity contribution in [3.63, 3.8) is 0 Å². The zero-order valence-corrected chi connectivity index (χ0v) is 13.6. The van der Waals surface area contributed by atoms with Crippen molar-refractivity contribution in [1.82, 2.24) is 15.2 Å². The number of hydrogen-bond donors (Lipinski definition) is 2. The fourth-order valence-electron chi connectivity index (χ4n) is 3.09. The van der Waals surface area contributed by atoms with Crippen LogP contribution >= 0.6 is 0 Å². The molecule has 1 aliphatic heterocycles. The van der Waals surface area contributed by atoms with Gasteiger partial charge in [0.2, 0.25) is 11.8 Å². The highest BCUT2D eigenvalue weighted by atomic mass is 16.2. The molecule has 1 fully saturated rings. The Bertz CT molecular complexity index is 722. The van der Waals surface area contributed by atoms with Crippen molar-refractivity contribution >= 4 is 22.7 Å². The number of carbonyl (C=O) groups excluding carboxylic acids is 2. The molecule has 2 atom stereocenters. The number of H-pyrrole nitrogens is 1. The zero-order chi connectivity index (χ0) is 16.4. The van der Waals surface area contributed by atoms with Gasteiger partial charge in [-0.25, -0.2) is 0 Å². The van der Waals surface area contributed by atoms with Gasteiger partial charge in [0.1, 0.15) is 6.04 Å². The maximum absolute atomic E-state index is 12.4. The molecule has 0 aliphatic carbocycles. The molecule has 3 rings (SSSR count). The predicted octanol–water partition coefficient (Wildman–Crippen LogP) is 2.57. The summed E-state index contributed by atoms with van der Waals surface area (Å²) in [6.07, 6.45) is 3.86. The fourth-order valence-corrected chi connectivity index (χ4v) is 3.09. The second kappa shape index (κ2) is 6.44. The smallest absolute Gasteiger partial charge is 0.243 e. The van der Waals surface area contributed by atoms with Crippen molar-refractivity contribution < 1.29 is 9.59 Å². The van der Waals surface area contributed by atoms with Crippen LogP contribution in [0, 0.1) is 0 Å². The molecule has 0 bridgehead atoms. The van der Waals surface area contributed by atoms with E-state index in [0.29, 0.717) is 19.4 Å². The summed E-state index contributed by atoms with van der Waals surface area (Å²) in [4.78, 5) is 29.6. The Balaban J connectivity index is 1.79. The molecule has 5 heteroatoms. The van der Waals surface area contributed by atoms with Crippen LogP contribution in [0.4, 0.5) is 0 Å². The lowest BCUT2D eigenvalue weighted by Crippen LogP contribution is -2.46. The standard InChI is InChI=1S/C18H23N3O2/c1-3-12(2)20-18(23)16-8-9-17(22)21(16)11-13-10-19-15-7-5-4-6-14(13)15/h4-7,10,12,16,19H,3,8-9,11H2,1-2H3,(H,20,23). The molecule has 0 radical (unpaired) electrons. The quantitative estimate of drug-likeness (QED) is 0.891. The van der Waals surface area contributed by atoms with Gasteiger partial charge in [-0.1, -0.05) is 25.1 Å². The highest BCUT2D eigenvalue weighted by molar-refractivity contribution is 5.91. The maximum atomic E-state index is 12.4. The summed E-state index contributed by atoms with van der Waals surface area (Å²) >= 11 is 0. The van der Waals surface area contributed by atoms with Crippen molar-refractivity contribution in [2.24, 2.45) is 0 Å². The zero-order valence-electron chi connectivity index (χ0n) is 13.6. The number of para-hydroxylation sites is 1. The number of fused-ring (bicyclic) bond motifs is 1. The number of nitrogens with zero attached hydrogens (tertiary/aromatic N) is 1. The molecule has 0 spiro atoms. The van der Waals surface area contributed by atoms with Gasteiger partial charge in [-0.15, -0.1) is 0 Å². The monoisotopic (exact) mass is 313 g/mol. The van der Waals surface area contributed by atoms with E-state index in [2.05, 4.69) is 10.3 Å². The first-order valence-electron chi connectivity index (χ1n) is 8.25. The van der Waals surface area contributed by atoms with E-state index in [1.807, 2.05) is 44.3 Å². The molecule has 1 aliphatic rings. The summed E-state index contributed by atoms with van der Waals surface area (Å²) in [5.41, 5.74) is 2.10. The van der Waals surface area contributed by atoms with E-state index < -0.39 is 0 Å². The van der Waals surface area contributed by atoms with Crippen LogP contribution in [0.3, 0.4) is 0 Å². The highest BCUT2D eigenvalue weighted by Crippen LogP contribution is 2.25. The average Bonchev–Trinajstić information content (AvgIpc) is 3.12. The van der Waals surface area contributed by atoms with E-state index in [1.165, 1.54) is 0 Å². The van der Waals surface area contributed by atoms with Gasteiger partial charge >= 0.3 is 0 Å². The number of likely N-dealkylation sites (tertiary alicyclic amines) is 1. The van der Waals surface area contributed by atoms with Crippen LogP contribution in [-0.2, 0) is 16.1 Å². The molecule has 2 heterocycles. The molecular weight excluding hydrogens is 290 g/mol. The van der Waals surface area contributed by atoms with Crippen molar-refractivity contribution in [3.05, 3.63) is 36.0 Å². The highest BCUT2D eigenvalue weighted by Gasteiger charge is 2.36. The molecule has 2 aromatic rings. The summed E-state index contributed by atoms with van der Waals surface area (Å²) in [7, 11) is 0. The average molecular weight is 313 g/mol. The Hall–Kier alpha value is -2.30. The minimum absolute atomic E-state index is 0.0370. The molecule has 0 saturated carbocycles. The summed E-state index contributed by atoms with van der Waals surface area (Å²) < 4.78 is 0. The van der Waals surface area contributed by atoms with E-state index in [4.69, 9.17) is 0 Å². The Kier molecular flexibility index (Phi) is 4.37. The number of benzene rings is 1. The number of rotatable bonds is 5. The lowest BCUT2D eigenvalue weighted by atomic mass is 10.1. The van der Waals surface area contributed by atoms with Gasteiger partial charge in [-0.2, -0.15) is 0 Å². The van der Waals surface area contributed by atoms with E-state index in [1.54, 1.807) is 4.90 Å². The normalized spacial score (nSPS) is 19.3. The fraction of sp³-hybridized carbons (Fsp3) is 0.444. The minimum Gasteiger partial charge on any atom is -0.361 e. The van der Waals surface area contributed by atoms with Gasteiger partial charge in [-0.3, -0.25) is 9.59 Å². The van der Waals surface area contributed by atoms with Crippen LogP contribution in [-0.4, -0.2) is 33.8 Å². The maximum Gasteiger partial charge on any atom is 0.243 e. The number of nitrogens with one attached hydrogen (secondary N) is 2. The van der Waals surface area contributed by atoms with Gasteiger partial charge in [0, 0.05) is 36.1 Å². The van der Waals surface area contributed by atoms with Crippen LogP contribution in [0.15, 0.2) is 30.5 Å². The number of carbonyl (C=O) groups is 2. The van der Waals surface area contributed by atoms with Crippen LogP contribution < -0.4 is 5.32 Å². The summed E-state index contributed by atoms with van der Waals surface area (Å²) in [5.74, 6) is 0.0182. The molecule has 122 valence electrons. The predicted molar refractivity (Wildman–Crippen MR) is 89.8 cm³/mol. The third kappa shape index (κ3) is 3.09. The summed E-state index contributed by atoms with van der Waals surface area (Å²) in [6.45, 7) is 4.49. The Morgan fingerprint density at radius 3 is 3.00 bits per heavy atom. The third-order valence-corrected chi connectivity index (χ3v) is 4.65. The minimum atomic E-state index is -0.356. The molecule has 2 N–H and O–H groups in total. The first-order valence-corrected chi connectivity index (χ1v) is 8.25. The van der Waals surface area contributed by atoms with Crippen molar-refractivity contribution in [3.8, 4) is 0 Å². The number of aromatic nitrogens is 1. The van der Waals surface area contributed by atoms with E-state index in [0.717, 1.165) is 22.9 Å². The molecule has 5 nitrogen and oxygen atoms in total. The number of aromatic amines is 1. The van der Waals surface area contributed by atoms with Crippen molar-refractivity contribution in [2.75, 3.05) is 0 Å². The van der Waals surface area contributed by atoms with Crippen LogP contribution in [0.25, 0.3) is 10.9 Å². The van der Waals surface area contributed by atoms with Crippen LogP contribution in [0.5, 0.6) is 0 Å². The van der Waals surface area contributed by atoms with Crippen LogP contribution in [0.1, 0.15) is 38.7 Å². The second-order valence-corrected chi connectivity index (χ2v) is 6.25. The number of amides is 2. The largest absolute Gasteiger partial charge is 0.361 e. The van der Waals surface area contributed by atoms with Gasteiger partial charge < -0.3 is 15.2 Å². The lowest BCUT2D eigenvalue weighted by Gasteiger charge is -2.25. The SMILES string of the molecule is CCC(C)NC(=O)C1CCC(=O)N1Cc1c[nH]c2ccccc12. The van der Waals surface area contributed by atoms with E-state index in [-0.39, 0.29) is 23.9 Å². The Morgan fingerprint density at radius 2 is 2.22 bits per heavy atom. The molecule has 23 heavy (non-hydrogen) atoms. The Morgan fingerprint density at radius 1 is 1.43 bits per heavy atom. The topological polar surface area (TPSA) is 65.2 Å². The van der Waals surface area contributed by atoms with Crippen molar-refractivity contribution in [2.45, 2.75) is 51.7 Å². The van der Waals surface area contributed by atoms with E-state index >= 15 is 0 Å². The van der Waals surface area contributed by atoms with Crippen LogP contribution in [0.2, 0.25) is 0 Å². The second-order valence-electron chi connectivity index (χ2n) is 6.25. The molecular formula is C18H23N3O2. The summed E-state index contributed by atoms with van der Waals surface area (Å²) in [5, 5.41) is 4.10.